The zero-order valence-electron chi connectivity index (χ0n) is 8.69. The summed E-state index contributed by atoms with van der Waals surface area (Å²) in [5.41, 5.74) is 0.969. The summed E-state index contributed by atoms with van der Waals surface area (Å²) in [6.45, 7) is 1.05. The second-order valence-electron chi connectivity index (χ2n) is 3.75. The molecule has 1 aromatic rings. The molecule has 0 spiro atoms. The number of hydrogen-bond donors (Lipinski definition) is 1. The smallest absolute Gasteiger partial charge is 0.0681 e. The Hall–Kier alpha value is -0.510. The summed E-state index contributed by atoms with van der Waals surface area (Å²) in [4.78, 5) is 1.25. The lowest BCUT2D eigenvalue weighted by atomic mass is 10.2. The second-order valence-corrected chi connectivity index (χ2v) is 4.84. The van der Waals surface area contributed by atoms with E-state index in [0.29, 0.717) is 6.10 Å². The van der Waals surface area contributed by atoms with E-state index < -0.39 is 0 Å². The summed E-state index contributed by atoms with van der Waals surface area (Å²) < 4.78 is 5.56. The minimum Gasteiger partial charge on any atom is -0.392 e. The van der Waals surface area contributed by atoms with Gasteiger partial charge >= 0.3 is 0 Å². The molecule has 0 saturated carbocycles. The number of benzene rings is 1. The van der Waals surface area contributed by atoms with Gasteiger partial charge in [0, 0.05) is 17.3 Å². The maximum Gasteiger partial charge on any atom is 0.0681 e. The van der Waals surface area contributed by atoms with Crippen LogP contribution in [0.1, 0.15) is 18.4 Å². The summed E-state index contributed by atoms with van der Waals surface area (Å²) in [5, 5.41) is 8.90. The van der Waals surface area contributed by atoms with E-state index in [0.717, 1.165) is 17.9 Å². The van der Waals surface area contributed by atoms with Gasteiger partial charge in [0.15, 0.2) is 0 Å². The molecule has 1 atom stereocenters. The van der Waals surface area contributed by atoms with Gasteiger partial charge in [-0.2, -0.15) is 0 Å². The summed E-state index contributed by atoms with van der Waals surface area (Å²) in [6, 6.07) is 8.06. The van der Waals surface area contributed by atoms with Gasteiger partial charge in [0.25, 0.3) is 0 Å². The highest BCUT2D eigenvalue weighted by Gasteiger charge is 2.15. The van der Waals surface area contributed by atoms with Gasteiger partial charge in [-0.05, 0) is 30.5 Å². The van der Waals surface area contributed by atoms with Crippen LogP contribution in [-0.2, 0) is 11.3 Å². The molecule has 0 aliphatic carbocycles. The Morgan fingerprint density at radius 1 is 1.33 bits per heavy atom. The largest absolute Gasteiger partial charge is 0.392 e. The molecule has 1 fully saturated rings. The van der Waals surface area contributed by atoms with Crippen LogP contribution in [0.25, 0.3) is 0 Å². The molecule has 0 aromatic heterocycles. The van der Waals surface area contributed by atoms with Gasteiger partial charge in [-0.1, -0.05) is 12.1 Å². The first-order valence-corrected chi connectivity index (χ1v) is 6.31. The number of aliphatic hydroxyl groups is 1. The Morgan fingerprint density at radius 3 is 2.73 bits per heavy atom. The third-order valence-electron chi connectivity index (χ3n) is 2.57. The standard InChI is InChI=1S/C12H16O2S/c13-8-10-3-5-12(6-4-10)15-9-11-2-1-7-14-11/h3-6,11,13H,1-2,7-9H2. The zero-order valence-corrected chi connectivity index (χ0v) is 9.50. The molecule has 1 aliphatic rings. The number of thioether (sulfide) groups is 1. The molecular formula is C12H16O2S. The van der Waals surface area contributed by atoms with E-state index in [2.05, 4.69) is 12.1 Å². The fraction of sp³-hybridized carbons (Fsp3) is 0.500. The SMILES string of the molecule is OCc1ccc(SCC2CCCO2)cc1. The molecule has 1 saturated heterocycles. The Kier molecular flexibility index (Phi) is 4.06. The van der Waals surface area contributed by atoms with Crippen molar-refractivity contribution >= 4 is 11.8 Å². The number of aliphatic hydroxyl groups excluding tert-OH is 1. The average molecular weight is 224 g/mol. The van der Waals surface area contributed by atoms with E-state index in [4.69, 9.17) is 9.84 Å². The van der Waals surface area contributed by atoms with Gasteiger partial charge in [-0.15, -0.1) is 11.8 Å². The predicted octanol–water partition coefficient (Wildman–Crippen LogP) is 2.45. The van der Waals surface area contributed by atoms with Gasteiger partial charge in [0.2, 0.25) is 0 Å². The first-order chi connectivity index (χ1) is 7.38. The third kappa shape index (κ3) is 3.23. The van der Waals surface area contributed by atoms with Crippen LogP contribution in [0.15, 0.2) is 29.2 Å². The molecule has 15 heavy (non-hydrogen) atoms. The van der Waals surface area contributed by atoms with Gasteiger partial charge < -0.3 is 9.84 Å². The summed E-state index contributed by atoms with van der Waals surface area (Å²) in [5.74, 6) is 1.04. The monoisotopic (exact) mass is 224 g/mol. The van der Waals surface area contributed by atoms with E-state index in [1.807, 2.05) is 23.9 Å². The summed E-state index contributed by atoms with van der Waals surface area (Å²) in [7, 11) is 0. The van der Waals surface area contributed by atoms with Crippen molar-refractivity contribution in [3.8, 4) is 0 Å². The quantitative estimate of drug-likeness (QED) is 0.797. The maximum absolute atomic E-state index is 8.90. The maximum atomic E-state index is 8.90. The second kappa shape index (κ2) is 5.54. The van der Waals surface area contributed by atoms with Crippen LogP contribution in [-0.4, -0.2) is 23.6 Å². The highest BCUT2D eigenvalue weighted by Crippen LogP contribution is 2.23. The van der Waals surface area contributed by atoms with Gasteiger partial charge in [-0.25, -0.2) is 0 Å². The molecule has 82 valence electrons. The first-order valence-electron chi connectivity index (χ1n) is 5.32. The predicted molar refractivity (Wildman–Crippen MR) is 62.1 cm³/mol. The number of rotatable bonds is 4. The van der Waals surface area contributed by atoms with E-state index in [1.54, 1.807) is 0 Å². The topological polar surface area (TPSA) is 29.5 Å². The lowest BCUT2D eigenvalue weighted by Crippen LogP contribution is -2.07. The molecule has 1 aromatic carbocycles. The average Bonchev–Trinajstić information content (AvgIpc) is 2.80. The Labute approximate surface area is 94.6 Å². The van der Waals surface area contributed by atoms with Crippen LogP contribution in [0.2, 0.25) is 0 Å². The fourth-order valence-corrected chi connectivity index (χ4v) is 2.63. The Bertz CT molecular complexity index is 291. The zero-order chi connectivity index (χ0) is 10.5. The van der Waals surface area contributed by atoms with E-state index in [-0.39, 0.29) is 6.61 Å². The molecule has 1 heterocycles. The van der Waals surface area contributed by atoms with Crippen LogP contribution in [0.3, 0.4) is 0 Å². The van der Waals surface area contributed by atoms with Gasteiger partial charge in [-0.3, -0.25) is 0 Å². The molecule has 0 amide bonds. The highest BCUT2D eigenvalue weighted by atomic mass is 32.2. The Morgan fingerprint density at radius 2 is 2.13 bits per heavy atom. The minimum atomic E-state index is 0.122. The van der Waals surface area contributed by atoms with Crippen LogP contribution in [0, 0.1) is 0 Å². The number of ether oxygens (including phenoxy) is 1. The molecule has 3 heteroatoms. The van der Waals surface area contributed by atoms with E-state index in [1.165, 1.54) is 17.7 Å². The third-order valence-corrected chi connectivity index (χ3v) is 3.71. The molecule has 2 nitrogen and oxygen atoms in total. The Balaban J connectivity index is 1.82. The first kappa shape index (κ1) is 11.0. The van der Waals surface area contributed by atoms with Crippen LogP contribution in [0.4, 0.5) is 0 Å². The van der Waals surface area contributed by atoms with Crippen molar-refractivity contribution < 1.29 is 9.84 Å². The summed E-state index contributed by atoms with van der Waals surface area (Å²) in [6.07, 6.45) is 2.84. The van der Waals surface area contributed by atoms with Crippen molar-refractivity contribution in [2.45, 2.75) is 30.4 Å². The van der Waals surface area contributed by atoms with Crippen molar-refractivity contribution in [3.63, 3.8) is 0 Å². The normalized spacial score (nSPS) is 20.7. The fourth-order valence-electron chi connectivity index (χ4n) is 1.66. The van der Waals surface area contributed by atoms with E-state index >= 15 is 0 Å². The molecular weight excluding hydrogens is 208 g/mol. The van der Waals surface area contributed by atoms with Crippen LogP contribution >= 0.6 is 11.8 Å². The van der Waals surface area contributed by atoms with E-state index in [9.17, 15) is 0 Å². The van der Waals surface area contributed by atoms with Gasteiger partial charge in [0.05, 0.1) is 12.7 Å². The molecule has 0 radical (unpaired) electrons. The number of hydrogen-bond acceptors (Lipinski definition) is 3. The lowest BCUT2D eigenvalue weighted by molar-refractivity contribution is 0.129. The lowest BCUT2D eigenvalue weighted by Gasteiger charge is -2.08. The molecule has 1 aliphatic heterocycles. The molecule has 0 bridgehead atoms. The molecule has 1 unspecified atom stereocenters. The highest BCUT2D eigenvalue weighted by molar-refractivity contribution is 7.99. The van der Waals surface area contributed by atoms with Crippen LogP contribution < -0.4 is 0 Å². The van der Waals surface area contributed by atoms with Crippen molar-refractivity contribution in [2.75, 3.05) is 12.4 Å². The molecule has 2 rings (SSSR count). The minimum absolute atomic E-state index is 0.122. The van der Waals surface area contributed by atoms with Crippen molar-refractivity contribution in [3.05, 3.63) is 29.8 Å². The van der Waals surface area contributed by atoms with Crippen molar-refractivity contribution in [2.24, 2.45) is 0 Å². The van der Waals surface area contributed by atoms with Gasteiger partial charge in [0.1, 0.15) is 0 Å². The molecule has 1 N–H and O–H groups in total. The van der Waals surface area contributed by atoms with Crippen molar-refractivity contribution in [1.29, 1.82) is 0 Å². The van der Waals surface area contributed by atoms with Crippen molar-refractivity contribution in [1.82, 2.24) is 0 Å². The summed E-state index contributed by atoms with van der Waals surface area (Å²) >= 11 is 1.83. The van der Waals surface area contributed by atoms with Crippen LogP contribution in [0.5, 0.6) is 0 Å².